The standard InChI is InChI=1S/C2H7N3O/c1-3-5-4-2-6/h2-3,5H,1H3,(H,4,6). The van der Waals surface area contributed by atoms with E-state index in [1.165, 1.54) is 0 Å². The zero-order valence-corrected chi connectivity index (χ0v) is 3.49. The van der Waals surface area contributed by atoms with Gasteiger partial charge in [-0.3, -0.25) is 10.2 Å². The van der Waals surface area contributed by atoms with Crippen LogP contribution in [0.3, 0.4) is 0 Å². The van der Waals surface area contributed by atoms with Crippen molar-refractivity contribution in [2.24, 2.45) is 0 Å². The van der Waals surface area contributed by atoms with Crippen molar-refractivity contribution in [3.8, 4) is 0 Å². The van der Waals surface area contributed by atoms with Crippen LogP contribution < -0.4 is 16.4 Å². The third-order valence-corrected chi connectivity index (χ3v) is 0.256. The van der Waals surface area contributed by atoms with Crippen molar-refractivity contribution in [1.29, 1.82) is 0 Å². The van der Waals surface area contributed by atoms with Crippen molar-refractivity contribution >= 4 is 6.41 Å². The van der Waals surface area contributed by atoms with Crippen molar-refractivity contribution in [3.63, 3.8) is 0 Å². The molecule has 0 aliphatic heterocycles. The molecule has 0 fully saturated rings. The number of hydrazine groups is 2. The van der Waals surface area contributed by atoms with Crippen LogP contribution in [0.2, 0.25) is 0 Å². The van der Waals surface area contributed by atoms with Gasteiger partial charge in [0.15, 0.2) is 0 Å². The Bertz CT molecular complexity index is 37.8. The van der Waals surface area contributed by atoms with Crippen LogP contribution in [0.15, 0.2) is 0 Å². The quantitative estimate of drug-likeness (QED) is 0.221. The van der Waals surface area contributed by atoms with Gasteiger partial charge >= 0.3 is 0 Å². The molecular weight excluding hydrogens is 82.0 g/mol. The predicted molar refractivity (Wildman–Crippen MR) is 21.4 cm³/mol. The summed E-state index contributed by atoms with van der Waals surface area (Å²) in [4.78, 5) is 9.35. The summed E-state index contributed by atoms with van der Waals surface area (Å²) >= 11 is 0. The van der Waals surface area contributed by atoms with E-state index in [0.29, 0.717) is 6.41 Å². The molecule has 0 bridgehead atoms. The van der Waals surface area contributed by atoms with Crippen molar-refractivity contribution in [1.82, 2.24) is 16.4 Å². The number of hydrogen-bond acceptors (Lipinski definition) is 3. The van der Waals surface area contributed by atoms with Gasteiger partial charge in [0.25, 0.3) is 0 Å². The van der Waals surface area contributed by atoms with E-state index in [-0.39, 0.29) is 0 Å². The first kappa shape index (κ1) is 5.39. The molecule has 0 aliphatic carbocycles. The highest BCUT2D eigenvalue weighted by atomic mass is 16.1. The van der Waals surface area contributed by atoms with Crippen LogP contribution in [0.4, 0.5) is 0 Å². The molecule has 4 heteroatoms. The second kappa shape index (κ2) is 4.39. The molecule has 0 heterocycles. The van der Waals surface area contributed by atoms with E-state index in [9.17, 15) is 4.79 Å². The maximum absolute atomic E-state index is 9.35. The molecule has 0 saturated heterocycles. The van der Waals surface area contributed by atoms with Gasteiger partial charge in [-0.1, -0.05) is 0 Å². The Morgan fingerprint density at radius 2 is 2.33 bits per heavy atom. The monoisotopic (exact) mass is 89.1 g/mol. The summed E-state index contributed by atoms with van der Waals surface area (Å²) in [6.07, 6.45) is 0.538. The van der Waals surface area contributed by atoms with Crippen molar-refractivity contribution in [3.05, 3.63) is 0 Å². The van der Waals surface area contributed by atoms with Gasteiger partial charge in [-0.15, -0.1) is 0 Å². The topological polar surface area (TPSA) is 53.2 Å². The molecule has 0 saturated carbocycles. The second-order valence-corrected chi connectivity index (χ2v) is 0.637. The van der Waals surface area contributed by atoms with Crippen LogP contribution in [0.5, 0.6) is 0 Å². The summed E-state index contributed by atoms with van der Waals surface area (Å²) in [5.41, 5.74) is 6.96. The van der Waals surface area contributed by atoms with Crippen LogP contribution in [0, 0.1) is 0 Å². The summed E-state index contributed by atoms with van der Waals surface area (Å²) in [5.74, 6) is 0. The van der Waals surface area contributed by atoms with Gasteiger partial charge in [-0.05, 0) is 0 Å². The fraction of sp³-hybridized carbons (Fsp3) is 0.500. The number of carbonyl (C=O) groups is 1. The SMILES string of the molecule is CNNNC=O. The first-order valence-electron chi connectivity index (χ1n) is 1.52. The lowest BCUT2D eigenvalue weighted by Gasteiger charge is -1.93. The number of rotatable bonds is 3. The van der Waals surface area contributed by atoms with Crippen molar-refractivity contribution in [2.75, 3.05) is 7.05 Å². The van der Waals surface area contributed by atoms with Crippen LogP contribution in [-0.4, -0.2) is 13.5 Å². The number of nitrogens with one attached hydrogen (secondary N) is 3. The lowest BCUT2D eigenvalue weighted by molar-refractivity contribution is -0.110. The largest absolute Gasteiger partial charge is 0.281 e. The summed E-state index contributed by atoms with van der Waals surface area (Å²) in [7, 11) is 1.65. The van der Waals surface area contributed by atoms with Gasteiger partial charge in [0, 0.05) is 7.05 Å². The minimum Gasteiger partial charge on any atom is -0.281 e. The molecule has 0 aromatic rings. The summed E-state index contributed by atoms with van der Waals surface area (Å²) in [6, 6.07) is 0. The first-order chi connectivity index (χ1) is 2.91. The van der Waals surface area contributed by atoms with Gasteiger partial charge < -0.3 is 0 Å². The fourth-order valence-corrected chi connectivity index (χ4v) is 0.102. The van der Waals surface area contributed by atoms with E-state index in [2.05, 4.69) is 16.4 Å². The molecule has 0 spiro atoms. The molecule has 3 N–H and O–H groups in total. The molecule has 6 heavy (non-hydrogen) atoms. The zero-order valence-electron chi connectivity index (χ0n) is 3.49. The van der Waals surface area contributed by atoms with E-state index >= 15 is 0 Å². The Morgan fingerprint density at radius 1 is 1.67 bits per heavy atom. The summed E-state index contributed by atoms with van der Waals surface area (Å²) in [6.45, 7) is 0. The van der Waals surface area contributed by atoms with E-state index < -0.39 is 0 Å². The molecule has 0 atom stereocenters. The fourth-order valence-electron chi connectivity index (χ4n) is 0.102. The molecule has 0 aliphatic rings. The highest BCUT2D eigenvalue weighted by molar-refractivity contribution is 5.44. The predicted octanol–water partition coefficient (Wildman–Crippen LogP) is -1.63. The van der Waals surface area contributed by atoms with E-state index in [1.54, 1.807) is 7.05 Å². The lowest BCUT2D eigenvalue weighted by atomic mass is 11.4. The van der Waals surface area contributed by atoms with Crippen LogP contribution in [0.25, 0.3) is 0 Å². The van der Waals surface area contributed by atoms with Gasteiger partial charge in [0.05, 0.1) is 0 Å². The number of carbonyl (C=O) groups excluding carboxylic acids is 1. The van der Waals surface area contributed by atoms with Gasteiger partial charge in [-0.25, -0.2) is 5.43 Å². The zero-order chi connectivity index (χ0) is 4.83. The van der Waals surface area contributed by atoms with Crippen molar-refractivity contribution < 1.29 is 4.79 Å². The molecular formula is C2H7N3O. The number of hydrogen-bond donors (Lipinski definition) is 3. The summed E-state index contributed by atoms with van der Waals surface area (Å²) in [5, 5.41) is 0. The van der Waals surface area contributed by atoms with Crippen molar-refractivity contribution in [2.45, 2.75) is 0 Å². The lowest BCUT2D eigenvalue weighted by Crippen LogP contribution is -2.39. The smallest absolute Gasteiger partial charge is 0.222 e. The first-order valence-corrected chi connectivity index (χ1v) is 1.52. The highest BCUT2D eigenvalue weighted by Gasteiger charge is 1.62. The molecule has 0 radical (unpaired) electrons. The van der Waals surface area contributed by atoms with E-state index in [0.717, 1.165) is 0 Å². The minimum absolute atomic E-state index is 0.538. The summed E-state index contributed by atoms with van der Waals surface area (Å²) < 4.78 is 0. The maximum Gasteiger partial charge on any atom is 0.222 e. The average molecular weight is 89.1 g/mol. The Morgan fingerprint density at radius 3 is 2.50 bits per heavy atom. The van der Waals surface area contributed by atoms with E-state index in [1.807, 2.05) is 0 Å². The molecule has 0 aromatic carbocycles. The maximum atomic E-state index is 9.35. The number of amides is 1. The van der Waals surface area contributed by atoms with Gasteiger partial charge in [-0.2, -0.15) is 5.53 Å². The van der Waals surface area contributed by atoms with Gasteiger partial charge in [0.1, 0.15) is 0 Å². The van der Waals surface area contributed by atoms with Crippen LogP contribution in [0.1, 0.15) is 0 Å². The van der Waals surface area contributed by atoms with Crippen LogP contribution >= 0.6 is 0 Å². The molecule has 4 nitrogen and oxygen atoms in total. The highest BCUT2D eigenvalue weighted by Crippen LogP contribution is 1.18. The Kier molecular flexibility index (Phi) is 3.94. The molecule has 0 unspecified atom stereocenters. The molecule has 36 valence electrons. The third kappa shape index (κ3) is 3.39. The Hall–Kier alpha value is -0.610. The van der Waals surface area contributed by atoms with E-state index in [4.69, 9.17) is 0 Å². The minimum atomic E-state index is 0.538. The van der Waals surface area contributed by atoms with Gasteiger partial charge in [0.2, 0.25) is 6.41 Å². The Balaban J connectivity index is 2.49. The molecule has 0 rings (SSSR count). The van der Waals surface area contributed by atoms with Crippen LogP contribution in [-0.2, 0) is 4.79 Å². The second-order valence-electron chi connectivity index (χ2n) is 0.637. The molecule has 0 aromatic heterocycles. The normalized spacial score (nSPS) is 7.50. The average Bonchev–Trinajstić information content (AvgIpc) is 1.61. The molecule has 1 amide bonds. The Labute approximate surface area is 35.9 Å². The third-order valence-electron chi connectivity index (χ3n) is 0.256.